The molecule has 0 saturated carbocycles. The summed E-state index contributed by atoms with van der Waals surface area (Å²) < 4.78 is 6.93. The second kappa shape index (κ2) is 9.18. The summed E-state index contributed by atoms with van der Waals surface area (Å²) in [6.07, 6.45) is 0.265. The number of carbonyl (C=O) groups is 2. The number of ether oxygens (including phenoxy) is 1. The van der Waals surface area contributed by atoms with Crippen LogP contribution in [0.3, 0.4) is 0 Å². The number of carbonyl (C=O) groups excluding carboxylic acids is 2. The van der Waals surface area contributed by atoms with E-state index >= 15 is 0 Å². The SMILES string of the molecule is Cc1cc(C)cc(N(CCC#N)C(=O)COC(=O)Cc2c(C)nn(C)c2C)c1. The minimum Gasteiger partial charge on any atom is -0.455 e. The molecular formula is C21H26N4O3. The molecule has 0 N–H and O–H groups in total. The van der Waals surface area contributed by atoms with Gasteiger partial charge in [0.05, 0.1) is 24.6 Å². The van der Waals surface area contributed by atoms with Gasteiger partial charge in [-0.2, -0.15) is 10.4 Å². The number of hydrogen-bond acceptors (Lipinski definition) is 5. The third-order valence-corrected chi connectivity index (χ3v) is 4.60. The van der Waals surface area contributed by atoms with E-state index in [2.05, 4.69) is 11.2 Å². The van der Waals surface area contributed by atoms with Crippen molar-refractivity contribution in [1.29, 1.82) is 5.26 Å². The van der Waals surface area contributed by atoms with Crippen molar-refractivity contribution in [2.45, 2.75) is 40.5 Å². The number of nitriles is 1. The van der Waals surface area contributed by atoms with Gasteiger partial charge in [-0.1, -0.05) is 6.07 Å². The van der Waals surface area contributed by atoms with E-state index in [1.165, 1.54) is 4.90 Å². The fourth-order valence-corrected chi connectivity index (χ4v) is 3.15. The Morgan fingerprint density at radius 1 is 1.18 bits per heavy atom. The molecule has 1 aromatic carbocycles. The third kappa shape index (κ3) is 5.19. The molecular weight excluding hydrogens is 356 g/mol. The van der Waals surface area contributed by atoms with Crippen LogP contribution in [0.25, 0.3) is 0 Å². The Balaban J connectivity index is 2.06. The highest BCUT2D eigenvalue weighted by Gasteiger charge is 2.20. The number of aromatic nitrogens is 2. The fourth-order valence-electron chi connectivity index (χ4n) is 3.15. The highest BCUT2D eigenvalue weighted by molar-refractivity contribution is 5.95. The molecule has 7 nitrogen and oxygen atoms in total. The summed E-state index contributed by atoms with van der Waals surface area (Å²) in [5.41, 5.74) is 5.22. The first-order chi connectivity index (χ1) is 13.2. The predicted octanol–water partition coefficient (Wildman–Crippen LogP) is 2.69. The molecule has 0 atom stereocenters. The maximum Gasteiger partial charge on any atom is 0.310 e. The Bertz CT molecular complexity index is 904. The summed E-state index contributed by atoms with van der Waals surface area (Å²) in [5, 5.41) is 13.2. The smallest absolute Gasteiger partial charge is 0.310 e. The number of esters is 1. The minimum absolute atomic E-state index is 0.0700. The Labute approximate surface area is 165 Å². The lowest BCUT2D eigenvalue weighted by atomic mass is 10.1. The first-order valence-electron chi connectivity index (χ1n) is 9.13. The molecule has 0 spiro atoms. The van der Waals surface area contributed by atoms with E-state index < -0.39 is 5.97 Å². The molecule has 1 heterocycles. The third-order valence-electron chi connectivity index (χ3n) is 4.60. The van der Waals surface area contributed by atoms with Gasteiger partial charge in [0.2, 0.25) is 0 Å². The summed E-state index contributed by atoms with van der Waals surface area (Å²) in [6, 6.07) is 7.83. The van der Waals surface area contributed by atoms with Crippen LogP contribution in [-0.4, -0.2) is 34.8 Å². The average Bonchev–Trinajstić information content (AvgIpc) is 2.85. The molecule has 2 rings (SSSR count). The van der Waals surface area contributed by atoms with E-state index in [1.807, 2.05) is 52.9 Å². The Morgan fingerprint density at radius 3 is 2.36 bits per heavy atom. The number of aryl methyl sites for hydroxylation is 4. The summed E-state index contributed by atoms with van der Waals surface area (Å²) in [6.45, 7) is 7.50. The number of hydrogen-bond donors (Lipinski definition) is 0. The van der Waals surface area contributed by atoms with Crippen molar-refractivity contribution in [2.75, 3.05) is 18.1 Å². The van der Waals surface area contributed by atoms with Crippen molar-refractivity contribution >= 4 is 17.6 Å². The highest BCUT2D eigenvalue weighted by atomic mass is 16.5. The van der Waals surface area contributed by atoms with Crippen LogP contribution in [0.15, 0.2) is 18.2 Å². The Morgan fingerprint density at radius 2 is 1.82 bits per heavy atom. The molecule has 0 fully saturated rings. The van der Waals surface area contributed by atoms with Crippen LogP contribution in [0.5, 0.6) is 0 Å². The number of nitrogens with zero attached hydrogens (tertiary/aromatic N) is 4. The lowest BCUT2D eigenvalue weighted by Crippen LogP contribution is -2.35. The van der Waals surface area contributed by atoms with E-state index in [9.17, 15) is 9.59 Å². The second-order valence-corrected chi connectivity index (χ2v) is 6.91. The largest absolute Gasteiger partial charge is 0.455 e. The van der Waals surface area contributed by atoms with Crippen LogP contribution in [-0.2, 0) is 27.8 Å². The molecule has 0 aliphatic rings. The summed E-state index contributed by atoms with van der Waals surface area (Å²) in [7, 11) is 1.82. The number of amides is 1. The van der Waals surface area contributed by atoms with Gasteiger partial charge >= 0.3 is 5.97 Å². The van der Waals surface area contributed by atoms with E-state index in [-0.39, 0.29) is 31.9 Å². The van der Waals surface area contributed by atoms with Crippen molar-refractivity contribution in [2.24, 2.45) is 7.05 Å². The monoisotopic (exact) mass is 382 g/mol. The van der Waals surface area contributed by atoms with Gasteiger partial charge in [0.1, 0.15) is 0 Å². The molecule has 1 aromatic heterocycles. The van der Waals surface area contributed by atoms with Gasteiger partial charge in [0, 0.05) is 30.5 Å². The Hall–Kier alpha value is -3.14. The lowest BCUT2D eigenvalue weighted by Gasteiger charge is -2.22. The molecule has 7 heteroatoms. The van der Waals surface area contributed by atoms with Gasteiger partial charge < -0.3 is 9.64 Å². The Kier molecular flexibility index (Phi) is 6.94. The molecule has 28 heavy (non-hydrogen) atoms. The first kappa shape index (κ1) is 21.2. The number of benzene rings is 1. The summed E-state index contributed by atoms with van der Waals surface area (Å²) >= 11 is 0. The van der Waals surface area contributed by atoms with Crippen LogP contribution in [0.4, 0.5) is 5.69 Å². The average molecular weight is 382 g/mol. The van der Waals surface area contributed by atoms with Crippen molar-refractivity contribution in [3.63, 3.8) is 0 Å². The second-order valence-electron chi connectivity index (χ2n) is 6.91. The first-order valence-corrected chi connectivity index (χ1v) is 9.13. The lowest BCUT2D eigenvalue weighted by molar-refractivity contribution is -0.147. The summed E-state index contributed by atoms with van der Waals surface area (Å²) in [5.74, 6) is -0.832. The van der Waals surface area contributed by atoms with E-state index in [0.717, 1.165) is 28.1 Å². The normalized spacial score (nSPS) is 10.4. The molecule has 0 aliphatic heterocycles. The zero-order valence-corrected chi connectivity index (χ0v) is 17.1. The van der Waals surface area contributed by atoms with Crippen molar-refractivity contribution in [3.8, 4) is 6.07 Å². The van der Waals surface area contributed by atoms with Gasteiger partial charge in [-0.25, -0.2) is 0 Å². The van der Waals surface area contributed by atoms with E-state index in [4.69, 9.17) is 10.00 Å². The number of anilines is 1. The van der Waals surface area contributed by atoms with Gasteiger partial charge in [0.25, 0.3) is 5.91 Å². The number of rotatable bonds is 7. The van der Waals surface area contributed by atoms with Gasteiger partial charge in [0.15, 0.2) is 6.61 Å². The molecule has 0 aliphatic carbocycles. The maximum absolute atomic E-state index is 12.7. The van der Waals surface area contributed by atoms with Crippen LogP contribution in [0, 0.1) is 39.0 Å². The molecule has 0 unspecified atom stereocenters. The predicted molar refractivity (Wildman–Crippen MR) is 106 cm³/mol. The standard InChI is InChI=1S/C21H26N4O3/c1-14-9-15(2)11-18(10-14)25(8-6-7-22)20(26)13-28-21(27)12-19-16(3)23-24(5)17(19)4/h9-11H,6,8,12-13H2,1-5H3. The zero-order chi connectivity index (χ0) is 20.8. The minimum atomic E-state index is -0.479. The van der Waals surface area contributed by atoms with E-state index in [1.54, 1.807) is 4.68 Å². The van der Waals surface area contributed by atoms with Gasteiger partial charge in [-0.05, 0) is 51.0 Å². The van der Waals surface area contributed by atoms with Crippen LogP contribution >= 0.6 is 0 Å². The molecule has 0 bridgehead atoms. The molecule has 2 aromatic rings. The van der Waals surface area contributed by atoms with Crippen LogP contribution in [0.2, 0.25) is 0 Å². The van der Waals surface area contributed by atoms with Gasteiger partial charge in [-0.3, -0.25) is 14.3 Å². The summed E-state index contributed by atoms with van der Waals surface area (Å²) in [4.78, 5) is 26.4. The van der Waals surface area contributed by atoms with Gasteiger partial charge in [-0.15, -0.1) is 0 Å². The molecule has 0 radical (unpaired) electrons. The van der Waals surface area contributed by atoms with Crippen molar-refractivity contribution in [1.82, 2.24) is 9.78 Å². The maximum atomic E-state index is 12.7. The topological polar surface area (TPSA) is 88.2 Å². The fraction of sp³-hybridized carbons (Fsp3) is 0.429. The van der Waals surface area contributed by atoms with Crippen LogP contribution < -0.4 is 4.90 Å². The van der Waals surface area contributed by atoms with Crippen molar-refractivity contribution < 1.29 is 14.3 Å². The van der Waals surface area contributed by atoms with Crippen LogP contribution in [0.1, 0.15) is 34.5 Å². The molecule has 0 saturated heterocycles. The van der Waals surface area contributed by atoms with Crippen molar-refractivity contribution in [3.05, 3.63) is 46.3 Å². The highest BCUT2D eigenvalue weighted by Crippen LogP contribution is 2.20. The zero-order valence-electron chi connectivity index (χ0n) is 17.1. The molecule has 1 amide bonds. The molecule has 148 valence electrons. The van der Waals surface area contributed by atoms with E-state index in [0.29, 0.717) is 5.69 Å². The quantitative estimate of drug-likeness (QED) is 0.687.